The minimum atomic E-state index is -0.349. The molecule has 0 fully saturated rings. The van der Waals surface area contributed by atoms with Gasteiger partial charge in [0.2, 0.25) is 0 Å². The van der Waals surface area contributed by atoms with Gasteiger partial charge in [-0.25, -0.2) is 4.39 Å². The Kier molecular flexibility index (Phi) is 7.46. The Labute approximate surface area is 171 Å². The lowest BCUT2D eigenvalue weighted by Gasteiger charge is -2.17. The summed E-state index contributed by atoms with van der Waals surface area (Å²) in [5, 5.41) is 3.93. The Morgan fingerprint density at radius 2 is 1.71 bits per heavy atom. The molecule has 0 aliphatic heterocycles. The SMILES string of the molecule is CC(CCc1ccccc1)NCc1ccccc1OCc1c(F)cccc1Cl. The van der Waals surface area contributed by atoms with E-state index in [1.165, 1.54) is 11.6 Å². The smallest absolute Gasteiger partial charge is 0.131 e. The highest BCUT2D eigenvalue weighted by Gasteiger charge is 2.10. The van der Waals surface area contributed by atoms with Crippen LogP contribution in [-0.2, 0) is 19.6 Å². The van der Waals surface area contributed by atoms with Crippen LogP contribution >= 0.6 is 11.6 Å². The number of hydrogen-bond acceptors (Lipinski definition) is 2. The minimum Gasteiger partial charge on any atom is -0.488 e. The molecule has 3 aromatic carbocycles. The van der Waals surface area contributed by atoms with Crippen LogP contribution in [0, 0.1) is 5.82 Å². The zero-order valence-corrected chi connectivity index (χ0v) is 16.8. The zero-order chi connectivity index (χ0) is 19.8. The lowest BCUT2D eigenvalue weighted by molar-refractivity contribution is 0.295. The molecule has 0 radical (unpaired) electrons. The summed E-state index contributed by atoms with van der Waals surface area (Å²) in [7, 11) is 0. The van der Waals surface area contributed by atoms with Gasteiger partial charge in [0, 0.05) is 23.7 Å². The van der Waals surface area contributed by atoms with E-state index in [0.29, 0.717) is 23.2 Å². The number of rotatable bonds is 9. The third-order valence-corrected chi connectivity index (χ3v) is 5.11. The monoisotopic (exact) mass is 397 g/mol. The highest BCUT2D eigenvalue weighted by Crippen LogP contribution is 2.24. The first-order chi connectivity index (χ1) is 13.6. The number of nitrogens with one attached hydrogen (secondary N) is 1. The second-order valence-electron chi connectivity index (χ2n) is 6.90. The van der Waals surface area contributed by atoms with Gasteiger partial charge in [0.25, 0.3) is 0 Å². The fourth-order valence-corrected chi connectivity index (χ4v) is 3.24. The van der Waals surface area contributed by atoms with Crippen molar-refractivity contribution in [3.63, 3.8) is 0 Å². The Morgan fingerprint density at radius 1 is 0.964 bits per heavy atom. The molecule has 1 N–H and O–H groups in total. The maximum Gasteiger partial charge on any atom is 0.131 e. The maximum absolute atomic E-state index is 14.0. The predicted molar refractivity (Wildman–Crippen MR) is 113 cm³/mol. The van der Waals surface area contributed by atoms with E-state index in [9.17, 15) is 4.39 Å². The molecule has 0 heterocycles. The molecule has 0 spiro atoms. The van der Waals surface area contributed by atoms with E-state index < -0.39 is 0 Å². The summed E-state index contributed by atoms with van der Waals surface area (Å²) in [5.41, 5.74) is 2.77. The second-order valence-corrected chi connectivity index (χ2v) is 7.31. The van der Waals surface area contributed by atoms with E-state index in [1.807, 2.05) is 30.3 Å². The van der Waals surface area contributed by atoms with Crippen molar-refractivity contribution < 1.29 is 9.13 Å². The van der Waals surface area contributed by atoms with Crippen LogP contribution in [0.25, 0.3) is 0 Å². The molecule has 0 saturated heterocycles. The van der Waals surface area contributed by atoms with Crippen LogP contribution < -0.4 is 10.1 Å². The number of aryl methyl sites for hydroxylation is 1. The van der Waals surface area contributed by atoms with Crippen molar-refractivity contribution in [2.24, 2.45) is 0 Å². The van der Waals surface area contributed by atoms with Gasteiger partial charge in [-0.15, -0.1) is 0 Å². The van der Waals surface area contributed by atoms with Gasteiger partial charge >= 0.3 is 0 Å². The van der Waals surface area contributed by atoms with Gasteiger partial charge in [-0.2, -0.15) is 0 Å². The van der Waals surface area contributed by atoms with Crippen LogP contribution in [0.3, 0.4) is 0 Å². The lowest BCUT2D eigenvalue weighted by atomic mass is 10.1. The molecule has 4 heteroatoms. The van der Waals surface area contributed by atoms with Crippen LogP contribution in [0.2, 0.25) is 5.02 Å². The molecule has 0 aliphatic carbocycles. The van der Waals surface area contributed by atoms with Gasteiger partial charge in [-0.1, -0.05) is 66.2 Å². The first kappa shape index (κ1) is 20.4. The molecular formula is C24H25ClFNO. The van der Waals surface area contributed by atoms with Crippen molar-refractivity contribution in [1.82, 2.24) is 5.32 Å². The molecule has 0 aliphatic rings. The molecule has 1 unspecified atom stereocenters. The Hall–Kier alpha value is -2.36. The summed E-state index contributed by atoms with van der Waals surface area (Å²) in [5.74, 6) is 0.391. The van der Waals surface area contributed by atoms with E-state index in [-0.39, 0.29) is 12.4 Å². The van der Waals surface area contributed by atoms with E-state index in [4.69, 9.17) is 16.3 Å². The van der Waals surface area contributed by atoms with Crippen molar-refractivity contribution in [2.75, 3.05) is 0 Å². The number of ether oxygens (including phenoxy) is 1. The average Bonchev–Trinajstić information content (AvgIpc) is 2.72. The predicted octanol–water partition coefficient (Wildman–Crippen LogP) is 6.17. The molecular weight excluding hydrogens is 373 g/mol. The topological polar surface area (TPSA) is 21.3 Å². The Morgan fingerprint density at radius 3 is 2.50 bits per heavy atom. The fourth-order valence-electron chi connectivity index (χ4n) is 3.02. The summed E-state index contributed by atoms with van der Waals surface area (Å²) in [6.45, 7) is 2.98. The second kappa shape index (κ2) is 10.3. The lowest BCUT2D eigenvalue weighted by Crippen LogP contribution is -2.26. The number of halogens is 2. The van der Waals surface area contributed by atoms with Gasteiger partial charge in [0.1, 0.15) is 18.2 Å². The highest BCUT2D eigenvalue weighted by molar-refractivity contribution is 6.31. The van der Waals surface area contributed by atoms with Crippen LogP contribution in [0.15, 0.2) is 72.8 Å². The Balaban J connectivity index is 1.55. The van der Waals surface area contributed by atoms with Gasteiger partial charge < -0.3 is 10.1 Å². The highest BCUT2D eigenvalue weighted by atomic mass is 35.5. The van der Waals surface area contributed by atoms with Gasteiger partial charge in [0.15, 0.2) is 0 Å². The van der Waals surface area contributed by atoms with Crippen LogP contribution in [-0.4, -0.2) is 6.04 Å². The van der Waals surface area contributed by atoms with Crippen LogP contribution in [0.1, 0.15) is 30.0 Å². The van der Waals surface area contributed by atoms with Crippen molar-refractivity contribution in [3.05, 3.63) is 100 Å². The summed E-state index contributed by atoms with van der Waals surface area (Å²) in [6.07, 6.45) is 2.09. The quantitative estimate of drug-likeness (QED) is 0.466. The molecule has 3 aromatic rings. The maximum atomic E-state index is 14.0. The average molecular weight is 398 g/mol. The number of para-hydroxylation sites is 1. The zero-order valence-electron chi connectivity index (χ0n) is 16.0. The van der Waals surface area contributed by atoms with E-state index in [0.717, 1.165) is 24.2 Å². The van der Waals surface area contributed by atoms with Gasteiger partial charge in [0.05, 0.1) is 5.02 Å². The van der Waals surface area contributed by atoms with Gasteiger partial charge in [-0.05, 0) is 43.5 Å². The molecule has 2 nitrogen and oxygen atoms in total. The standard InChI is InChI=1S/C24H25ClFNO/c1-18(14-15-19-8-3-2-4-9-19)27-16-20-10-5-6-13-24(20)28-17-21-22(25)11-7-12-23(21)26/h2-13,18,27H,14-17H2,1H3. The van der Waals surface area contributed by atoms with Crippen molar-refractivity contribution in [2.45, 2.75) is 39.0 Å². The number of hydrogen-bond donors (Lipinski definition) is 1. The summed E-state index contributed by atoms with van der Waals surface area (Å²) in [6, 6.07) is 23.3. The van der Waals surface area contributed by atoms with E-state index in [1.54, 1.807) is 12.1 Å². The third kappa shape index (κ3) is 5.82. The minimum absolute atomic E-state index is 0.103. The van der Waals surface area contributed by atoms with Gasteiger partial charge in [-0.3, -0.25) is 0 Å². The summed E-state index contributed by atoms with van der Waals surface area (Å²) >= 11 is 6.09. The summed E-state index contributed by atoms with van der Waals surface area (Å²) < 4.78 is 19.8. The Bertz CT molecular complexity index is 865. The van der Waals surface area contributed by atoms with Crippen LogP contribution in [0.5, 0.6) is 5.75 Å². The number of benzene rings is 3. The first-order valence-corrected chi connectivity index (χ1v) is 9.92. The van der Waals surface area contributed by atoms with Crippen molar-refractivity contribution in [1.29, 1.82) is 0 Å². The summed E-state index contributed by atoms with van der Waals surface area (Å²) in [4.78, 5) is 0. The van der Waals surface area contributed by atoms with Crippen molar-refractivity contribution in [3.8, 4) is 5.75 Å². The van der Waals surface area contributed by atoms with Crippen LogP contribution in [0.4, 0.5) is 4.39 Å². The molecule has 28 heavy (non-hydrogen) atoms. The molecule has 146 valence electrons. The molecule has 0 saturated carbocycles. The molecule has 0 amide bonds. The molecule has 3 rings (SSSR count). The largest absolute Gasteiger partial charge is 0.488 e. The van der Waals surface area contributed by atoms with Crippen molar-refractivity contribution >= 4 is 11.6 Å². The molecule has 0 bridgehead atoms. The van der Waals surface area contributed by atoms with E-state index in [2.05, 4.69) is 36.5 Å². The van der Waals surface area contributed by atoms with E-state index >= 15 is 0 Å². The normalized spacial score (nSPS) is 12.0. The molecule has 0 aromatic heterocycles. The molecule has 1 atom stereocenters. The fraction of sp³-hybridized carbons (Fsp3) is 0.250. The third-order valence-electron chi connectivity index (χ3n) is 4.76. The first-order valence-electron chi connectivity index (χ1n) is 9.54.